The van der Waals surface area contributed by atoms with Gasteiger partial charge in [0.15, 0.2) is 17.8 Å². The van der Waals surface area contributed by atoms with E-state index in [9.17, 15) is 10.1 Å². The molecule has 0 radical (unpaired) electrons. The van der Waals surface area contributed by atoms with Gasteiger partial charge in [-0.1, -0.05) is 13.8 Å². The van der Waals surface area contributed by atoms with Gasteiger partial charge in [-0.25, -0.2) is 24.6 Å². The molecule has 0 saturated carbocycles. The van der Waals surface area contributed by atoms with Crippen LogP contribution in [0.2, 0.25) is 0 Å². The van der Waals surface area contributed by atoms with Gasteiger partial charge in [0.05, 0.1) is 11.7 Å². The van der Waals surface area contributed by atoms with Crippen molar-refractivity contribution in [2.24, 2.45) is 5.92 Å². The van der Waals surface area contributed by atoms with Gasteiger partial charge in [-0.05, 0) is 51.3 Å². The summed E-state index contributed by atoms with van der Waals surface area (Å²) in [7, 11) is 0. The normalized spacial score (nSPS) is 11.5. The molecule has 0 aliphatic carbocycles. The first-order valence-electron chi connectivity index (χ1n) is 9.79. The summed E-state index contributed by atoms with van der Waals surface area (Å²) in [4.78, 5) is 27.1. The van der Waals surface area contributed by atoms with Crippen LogP contribution in [0.3, 0.4) is 0 Å². The van der Waals surface area contributed by atoms with Crippen LogP contribution in [0, 0.1) is 17.2 Å². The maximum atomic E-state index is 12.8. The molecule has 1 aromatic carbocycles. The summed E-state index contributed by atoms with van der Waals surface area (Å²) in [6, 6.07) is 7.49. The Kier molecular flexibility index (Phi) is 6.01. The molecule has 3 rings (SSSR count). The number of hydrogen-bond acceptors (Lipinski definition) is 7. The number of carbonyl (C=O) groups is 1. The van der Waals surface area contributed by atoms with E-state index in [1.807, 2.05) is 6.07 Å². The number of anilines is 1. The molecule has 0 aliphatic rings. The van der Waals surface area contributed by atoms with E-state index in [-0.39, 0.29) is 11.6 Å². The summed E-state index contributed by atoms with van der Waals surface area (Å²) in [5.41, 5.74) is 0.831. The summed E-state index contributed by atoms with van der Waals surface area (Å²) < 4.78 is 10.9. The van der Waals surface area contributed by atoms with E-state index in [1.54, 1.807) is 39.1 Å². The maximum Gasteiger partial charge on any atom is 0.417 e. The van der Waals surface area contributed by atoms with E-state index in [2.05, 4.69) is 34.9 Å². The van der Waals surface area contributed by atoms with Gasteiger partial charge in [0.25, 0.3) is 0 Å². The third-order valence-corrected chi connectivity index (χ3v) is 4.29. The lowest BCUT2D eigenvalue weighted by atomic mass is 10.1. The largest absolute Gasteiger partial charge is 0.444 e. The van der Waals surface area contributed by atoms with Crippen LogP contribution in [0.1, 0.15) is 46.7 Å². The molecule has 3 aromatic rings. The van der Waals surface area contributed by atoms with Crippen molar-refractivity contribution >= 4 is 22.9 Å². The summed E-state index contributed by atoms with van der Waals surface area (Å²) in [5, 5.41) is 10.3. The molecule has 0 aliphatic heterocycles. The van der Waals surface area contributed by atoms with Crippen LogP contribution in [0.15, 0.2) is 35.2 Å². The fourth-order valence-corrected chi connectivity index (χ4v) is 2.81. The monoisotopic (exact) mass is 407 g/mol. The Balaban J connectivity index is 2.06. The van der Waals surface area contributed by atoms with Crippen LogP contribution in [0.25, 0.3) is 22.2 Å². The second-order valence-electron chi connectivity index (χ2n) is 8.40. The molecule has 0 spiro atoms. The molecule has 2 aromatic heterocycles. The molecular formula is C22H25N5O3. The Hall–Kier alpha value is -3.47. The highest BCUT2D eigenvalue weighted by Gasteiger charge is 2.26. The Morgan fingerprint density at radius 2 is 2.07 bits per heavy atom. The number of amides is 1. The van der Waals surface area contributed by atoms with Crippen molar-refractivity contribution in [2.45, 2.75) is 46.6 Å². The van der Waals surface area contributed by atoms with Crippen LogP contribution < -0.4 is 4.90 Å². The van der Waals surface area contributed by atoms with E-state index >= 15 is 0 Å². The first-order chi connectivity index (χ1) is 14.2. The lowest BCUT2D eigenvalue weighted by Gasteiger charge is -2.26. The number of ether oxygens (including phenoxy) is 1. The SMILES string of the molecule is CC(C)CCN(C(=O)OC(C)(C)C)c1nc(C#N)c2cc(-c3cnco3)ccc2n1. The van der Waals surface area contributed by atoms with Gasteiger partial charge in [-0.15, -0.1) is 0 Å². The standard InChI is InChI=1S/C22H25N5O3/c1-14(2)8-9-27(21(28)30-22(3,4)5)20-25-17-7-6-15(19-12-24-13-29-19)10-16(17)18(11-23)26-20/h6-7,10,12-14H,8-9H2,1-5H3. The van der Waals surface area contributed by atoms with E-state index in [4.69, 9.17) is 9.15 Å². The number of aromatic nitrogens is 3. The Labute approximate surface area is 175 Å². The molecule has 0 saturated heterocycles. The first-order valence-corrected chi connectivity index (χ1v) is 9.79. The Morgan fingerprint density at radius 1 is 1.30 bits per heavy atom. The van der Waals surface area contributed by atoms with Crippen molar-refractivity contribution in [1.29, 1.82) is 5.26 Å². The molecule has 1 amide bonds. The number of hydrogen-bond donors (Lipinski definition) is 0. The number of benzene rings is 1. The van der Waals surface area contributed by atoms with Crippen LogP contribution in [0.4, 0.5) is 10.7 Å². The van der Waals surface area contributed by atoms with Gasteiger partial charge >= 0.3 is 6.09 Å². The zero-order chi connectivity index (χ0) is 21.9. The van der Waals surface area contributed by atoms with Crippen molar-refractivity contribution in [1.82, 2.24) is 15.0 Å². The van der Waals surface area contributed by atoms with Crippen molar-refractivity contribution in [3.8, 4) is 17.4 Å². The average molecular weight is 407 g/mol. The van der Waals surface area contributed by atoms with Gasteiger partial charge in [-0.2, -0.15) is 5.26 Å². The molecule has 8 heteroatoms. The second-order valence-corrected chi connectivity index (χ2v) is 8.40. The Morgan fingerprint density at radius 3 is 2.67 bits per heavy atom. The number of oxazole rings is 1. The minimum atomic E-state index is -0.659. The third-order valence-electron chi connectivity index (χ3n) is 4.29. The van der Waals surface area contributed by atoms with Crippen LogP contribution >= 0.6 is 0 Å². The van der Waals surface area contributed by atoms with E-state index in [0.717, 1.165) is 12.0 Å². The second kappa shape index (κ2) is 8.49. The van der Waals surface area contributed by atoms with Gasteiger partial charge in [0.1, 0.15) is 11.7 Å². The van der Waals surface area contributed by atoms with Crippen molar-refractivity contribution in [2.75, 3.05) is 11.4 Å². The van der Waals surface area contributed by atoms with Crippen LogP contribution in [-0.2, 0) is 4.74 Å². The summed E-state index contributed by atoms with van der Waals surface area (Å²) >= 11 is 0. The van der Waals surface area contributed by atoms with Gasteiger partial charge in [0, 0.05) is 17.5 Å². The number of nitriles is 1. The topological polar surface area (TPSA) is 105 Å². The molecule has 0 unspecified atom stereocenters. The fraction of sp³-hybridized carbons (Fsp3) is 0.409. The minimum Gasteiger partial charge on any atom is -0.444 e. The summed E-state index contributed by atoms with van der Waals surface area (Å²) in [5.74, 6) is 1.11. The zero-order valence-corrected chi connectivity index (χ0v) is 17.8. The molecular weight excluding hydrogens is 382 g/mol. The van der Waals surface area contributed by atoms with Gasteiger partial charge < -0.3 is 9.15 Å². The summed E-state index contributed by atoms with van der Waals surface area (Å²) in [6.07, 6.45) is 3.15. The van der Waals surface area contributed by atoms with Crippen molar-refractivity contribution in [3.63, 3.8) is 0 Å². The maximum absolute atomic E-state index is 12.8. The quantitative estimate of drug-likeness (QED) is 0.589. The van der Waals surface area contributed by atoms with Gasteiger partial charge in [0.2, 0.25) is 5.95 Å². The number of fused-ring (bicyclic) bond motifs is 1. The van der Waals surface area contributed by atoms with Crippen LogP contribution in [-0.4, -0.2) is 33.2 Å². The Bertz CT molecular complexity index is 1080. The van der Waals surface area contributed by atoms with E-state index < -0.39 is 11.7 Å². The molecule has 0 fully saturated rings. The zero-order valence-electron chi connectivity index (χ0n) is 17.8. The molecule has 8 nitrogen and oxygen atoms in total. The molecule has 30 heavy (non-hydrogen) atoms. The lowest BCUT2D eigenvalue weighted by Crippen LogP contribution is -2.39. The van der Waals surface area contributed by atoms with Crippen LogP contribution in [0.5, 0.6) is 0 Å². The molecule has 0 bridgehead atoms. The first kappa shape index (κ1) is 21.2. The lowest BCUT2D eigenvalue weighted by molar-refractivity contribution is 0.0576. The predicted octanol–water partition coefficient (Wildman–Crippen LogP) is 4.94. The third kappa shape index (κ3) is 4.92. The number of rotatable bonds is 5. The van der Waals surface area contributed by atoms with E-state index in [1.165, 1.54) is 11.3 Å². The smallest absolute Gasteiger partial charge is 0.417 e. The fourth-order valence-electron chi connectivity index (χ4n) is 2.81. The minimum absolute atomic E-state index is 0.154. The average Bonchev–Trinajstić information content (AvgIpc) is 3.20. The summed E-state index contributed by atoms with van der Waals surface area (Å²) in [6.45, 7) is 9.94. The van der Waals surface area contributed by atoms with E-state index in [0.29, 0.717) is 29.1 Å². The highest BCUT2D eigenvalue weighted by Crippen LogP contribution is 2.27. The highest BCUT2D eigenvalue weighted by atomic mass is 16.6. The number of nitrogens with zero attached hydrogens (tertiary/aromatic N) is 5. The van der Waals surface area contributed by atoms with Gasteiger partial charge in [-0.3, -0.25) is 0 Å². The number of carbonyl (C=O) groups excluding carboxylic acids is 1. The molecule has 156 valence electrons. The highest BCUT2D eigenvalue weighted by molar-refractivity contribution is 5.91. The molecule has 0 N–H and O–H groups in total. The molecule has 0 atom stereocenters. The predicted molar refractivity (Wildman–Crippen MR) is 113 cm³/mol. The molecule has 2 heterocycles. The van der Waals surface area contributed by atoms with Crippen molar-refractivity contribution < 1.29 is 13.9 Å². The van der Waals surface area contributed by atoms with Crippen molar-refractivity contribution in [3.05, 3.63) is 36.5 Å².